The fraction of sp³-hybridized carbons (Fsp3) is 0.231. The Labute approximate surface area is 190 Å². The molecule has 1 atom stereocenters. The van der Waals surface area contributed by atoms with E-state index in [1.807, 2.05) is 66.7 Å². The highest BCUT2D eigenvalue weighted by atomic mass is 16.5. The van der Waals surface area contributed by atoms with Crippen molar-refractivity contribution < 1.29 is 9.47 Å². The Morgan fingerprint density at radius 1 is 1.00 bits per heavy atom. The second-order valence-corrected chi connectivity index (χ2v) is 8.10. The third-order valence-corrected chi connectivity index (χ3v) is 6.21. The summed E-state index contributed by atoms with van der Waals surface area (Å²) in [5.74, 6) is 0.737. The molecule has 4 aromatic rings. The maximum absolute atomic E-state index is 13.4. The van der Waals surface area contributed by atoms with Crippen molar-refractivity contribution in [2.75, 3.05) is 13.7 Å². The minimum absolute atomic E-state index is 0.313. The average molecular weight is 444 g/mol. The van der Waals surface area contributed by atoms with E-state index in [-0.39, 0.29) is 11.2 Å². The Kier molecular flexibility index (Phi) is 5.26. The number of hydrogen-bond acceptors (Lipinski definition) is 4. The SMILES string of the molecule is COc1ccc(-c2c3c(=O)n(C)c(=O)n(C)c3c3n2CCO[C@@H]3/C=C/c2ccccc2)cc1. The van der Waals surface area contributed by atoms with Crippen LogP contribution in [0.15, 0.2) is 70.3 Å². The van der Waals surface area contributed by atoms with Gasteiger partial charge >= 0.3 is 5.69 Å². The molecule has 168 valence electrons. The summed E-state index contributed by atoms with van der Waals surface area (Å²) in [6.07, 6.45) is 3.59. The van der Waals surface area contributed by atoms with Crippen molar-refractivity contribution in [3.05, 3.63) is 92.8 Å². The molecule has 0 fully saturated rings. The lowest BCUT2D eigenvalue weighted by Crippen LogP contribution is -2.37. The molecule has 0 spiro atoms. The minimum atomic E-state index is -0.397. The van der Waals surface area contributed by atoms with Crippen LogP contribution in [0.2, 0.25) is 0 Å². The molecule has 2 aromatic heterocycles. The highest BCUT2D eigenvalue weighted by molar-refractivity contribution is 5.96. The molecule has 0 bridgehead atoms. The van der Waals surface area contributed by atoms with Gasteiger partial charge in [-0.25, -0.2) is 4.79 Å². The Hall–Kier alpha value is -3.84. The van der Waals surface area contributed by atoms with Gasteiger partial charge in [0.1, 0.15) is 11.9 Å². The lowest BCUT2D eigenvalue weighted by Gasteiger charge is -2.25. The largest absolute Gasteiger partial charge is 0.497 e. The molecule has 1 aliphatic rings. The number of aryl methyl sites for hydroxylation is 1. The number of fused-ring (bicyclic) bond motifs is 3. The highest BCUT2D eigenvalue weighted by Gasteiger charge is 2.31. The van der Waals surface area contributed by atoms with E-state index in [2.05, 4.69) is 4.57 Å². The van der Waals surface area contributed by atoms with E-state index in [9.17, 15) is 9.59 Å². The molecule has 0 saturated carbocycles. The standard InChI is InChI=1S/C26H25N3O4/c1-27-24-21(25(30)28(2)26(27)31)22(18-10-12-19(32-3)13-11-18)29-15-16-33-20(23(24)29)14-9-17-7-5-4-6-8-17/h4-14,20H,15-16H2,1-3H3/b14-9+/t20-/m1/s1. The van der Waals surface area contributed by atoms with Crippen LogP contribution in [-0.2, 0) is 25.4 Å². The maximum Gasteiger partial charge on any atom is 0.331 e. The molecule has 1 aliphatic heterocycles. The molecule has 3 heterocycles. The molecular weight excluding hydrogens is 418 g/mol. The summed E-state index contributed by atoms with van der Waals surface area (Å²) in [4.78, 5) is 26.2. The maximum atomic E-state index is 13.4. The molecule has 5 rings (SSSR count). The molecule has 0 N–H and O–H groups in total. The number of aromatic nitrogens is 3. The van der Waals surface area contributed by atoms with E-state index < -0.39 is 6.10 Å². The second-order valence-electron chi connectivity index (χ2n) is 8.10. The van der Waals surface area contributed by atoms with Crippen molar-refractivity contribution in [2.24, 2.45) is 14.1 Å². The summed E-state index contributed by atoms with van der Waals surface area (Å²) < 4.78 is 16.3. The number of benzene rings is 2. The second kappa shape index (κ2) is 8.26. The Bertz CT molecular complexity index is 1470. The highest BCUT2D eigenvalue weighted by Crippen LogP contribution is 2.39. The number of ether oxygens (including phenoxy) is 2. The first kappa shape index (κ1) is 21.0. The minimum Gasteiger partial charge on any atom is -0.497 e. The fourth-order valence-corrected chi connectivity index (χ4v) is 4.57. The molecule has 7 nitrogen and oxygen atoms in total. The average Bonchev–Trinajstić information content (AvgIpc) is 3.21. The number of rotatable bonds is 4. The van der Waals surface area contributed by atoms with Gasteiger partial charge in [0.2, 0.25) is 0 Å². The zero-order valence-electron chi connectivity index (χ0n) is 18.8. The van der Waals surface area contributed by atoms with Crippen molar-refractivity contribution in [1.82, 2.24) is 13.7 Å². The third kappa shape index (κ3) is 3.41. The normalized spacial score (nSPS) is 15.8. The first-order valence-corrected chi connectivity index (χ1v) is 10.8. The molecule has 0 radical (unpaired) electrons. The molecule has 2 aromatic carbocycles. The molecular formula is C26H25N3O4. The van der Waals surface area contributed by atoms with E-state index in [1.54, 1.807) is 18.7 Å². The number of hydrogen-bond donors (Lipinski definition) is 0. The van der Waals surface area contributed by atoms with Crippen molar-refractivity contribution in [3.63, 3.8) is 0 Å². The summed E-state index contributed by atoms with van der Waals surface area (Å²) in [6.45, 7) is 1.08. The first-order chi connectivity index (χ1) is 16.0. The lowest BCUT2D eigenvalue weighted by atomic mass is 10.1. The van der Waals surface area contributed by atoms with Crippen LogP contribution in [-0.4, -0.2) is 27.4 Å². The van der Waals surface area contributed by atoms with Crippen LogP contribution in [0.3, 0.4) is 0 Å². The third-order valence-electron chi connectivity index (χ3n) is 6.21. The summed E-state index contributed by atoms with van der Waals surface area (Å²) in [6, 6.07) is 17.6. The van der Waals surface area contributed by atoms with E-state index >= 15 is 0 Å². The molecule has 7 heteroatoms. The summed E-state index contributed by atoms with van der Waals surface area (Å²) >= 11 is 0. The molecule has 33 heavy (non-hydrogen) atoms. The van der Waals surface area contributed by atoms with Crippen LogP contribution in [0.5, 0.6) is 5.75 Å². The van der Waals surface area contributed by atoms with Crippen molar-refractivity contribution in [3.8, 4) is 17.0 Å². The van der Waals surface area contributed by atoms with E-state index in [4.69, 9.17) is 9.47 Å². The van der Waals surface area contributed by atoms with Gasteiger partial charge in [-0.15, -0.1) is 0 Å². The molecule has 0 aliphatic carbocycles. The Morgan fingerprint density at radius 2 is 1.73 bits per heavy atom. The van der Waals surface area contributed by atoms with Crippen molar-refractivity contribution >= 4 is 17.0 Å². The van der Waals surface area contributed by atoms with Gasteiger partial charge in [0.05, 0.1) is 36.0 Å². The van der Waals surface area contributed by atoms with Crippen LogP contribution in [0.25, 0.3) is 28.2 Å². The number of nitrogens with zero attached hydrogens (tertiary/aromatic N) is 3. The monoisotopic (exact) mass is 443 g/mol. The number of methoxy groups -OCH3 is 1. The molecule has 0 saturated heterocycles. The summed E-state index contributed by atoms with van der Waals surface area (Å²) in [5, 5.41) is 0.517. The zero-order chi connectivity index (χ0) is 23.1. The van der Waals surface area contributed by atoms with Gasteiger partial charge in [-0.05, 0) is 41.5 Å². The summed E-state index contributed by atoms with van der Waals surface area (Å²) in [7, 11) is 4.84. The van der Waals surface area contributed by atoms with Crippen molar-refractivity contribution in [1.29, 1.82) is 0 Å². The Balaban J connectivity index is 1.81. The lowest BCUT2D eigenvalue weighted by molar-refractivity contribution is 0.0532. The van der Waals surface area contributed by atoms with Crippen LogP contribution < -0.4 is 16.0 Å². The van der Waals surface area contributed by atoms with E-state index in [1.165, 1.54) is 7.05 Å². The van der Waals surface area contributed by atoms with Crippen molar-refractivity contribution in [2.45, 2.75) is 12.6 Å². The molecule has 0 amide bonds. The zero-order valence-corrected chi connectivity index (χ0v) is 18.8. The van der Waals surface area contributed by atoms with Gasteiger partial charge in [-0.2, -0.15) is 0 Å². The van der Waals surface area contributed by atoms with Crippen LogP contribution in [0.1, 0.15) is 17.4 Å². The van der Waals surface area contributed by atoms with E-state index in [0.29, 0.717) is 24.1 Å². The van der Waals surface area contributed by atoms with Gasteiger partial charge in [0.15, 0.2) is 0 Å². The van der Waals surface area contributed by atoms with Gasteiger partial charge in [0.25, 0.3) is 5.56 Å². The van der Waals surface area contributed by atoms with Gasteiger partial charge < -0.3 is 14.0 Å². The van der Waals surface area contributed by atoms with Gasteiger partial charge in [0, 0.05) is 20.6 Å². The predicted molar refractivity (Wildman–Crippen MR) is 129 cm³/mol. The quantitative estimate of drug-likeness (QED) is 0.484. The first-order valence-electron chi connectivity index (χ1n) is 10.8. The predicted octanol–water partition coefficient (Wildman–Crippen LogP) is 3.50. The van der Waals surface area contributed by atoms with Gasteiger partial charge in [-0.1, -0.05) is 36.4 Å². The van der Waals surface area contributed by atoms with Crippen LogP contribution in [0, 0.1) is 0 Å². The molecule has 0 unspecified atom stereocenters. The topological polar surface area (TPSA) is 67.4 Å². The van der Waals surface area contributed by atoms with Crippen LogP contribution in [0.4, 0.5) is 0 Å². The Morgan fingerprint density at radius 3 is 2.42 bits per heavy atom. The summed E-state index contributed by atoms with van der Waals surface area (Å²) in [5.41, 5.74) is 3.47. The van der Waals surface area contributed by atoms with Gasteiger partial charge in [-0.3, -0.25) is 13.9 Å². The van der Waals surface area contributed by atoms with Crippen LogP contribution >= 0.6 is 0 Å². The van der Waals surface area contributed by atoms with E-state index in [0.717, 1.165) is 32.8 Å². The smallest absolute Gasteiger partial charge is 0.331 e. The fourth-order valence-electron chi connectivity index (χ4n) is 4.57.